The number of anilines is 1. The van der Waals surface area contributed by atoms with Crippen LogP contribution in [0.15, 0.2) is 54.6 Å². The Bertz CT molecular complexity index is 813. The summed E-state index contributed by atoms with van der Waals surface area (Å²) in [6.45, 7) is -0.284. The highest BCUT2D eigenvalue weighted by Gasteiger charge is 2.10. The standard InChI is InChI=1S/C18H16N2O3S/c21-16(19-13-6-2-1-3-7-13)12-23-18(22)11-10-17-20-14-8-4-5-9-15(14)24-17/h1-9H,10-12H2,(H,19,21). The van der Waals surface area contributed by atoms with Crippen molar-refractivity contribution >= 4 is 39.1 Å². The number of aromatic nitrogens is 1. The number of para-hydroxylation sites is 2. The summed E-state index contributed by atoms with van der Waals surface area (Å²) in [4.78, 5) is 27.9. The molecule has 0 saturated heterocycles. The maximum atomic E-state index is 11.8. The number of hydrogen-bond acceptors (Lipinski definition) is 5. The van der Waals surface area contributed by atoms with Gasteiger partial charge in [0.2, 0.25) is 0 Å². The average Bonchev–Trinajstić information content (AvgIpc) is 3.02. The molecule has 24 heavy (non-hydrogen) atoms. The quantitative estimate of drug-likeness (QED) is 0.698. The van der Waals surface area contributed by atoms with E-state index in [4.69, 9.17) is 4.74 Å². The minimum Gasteiger partial charge on any atom is -0.456 e. The molecule has 5 nitrogen and oxygen atoms in total. The van der Waals surface area contributed by atoms with Crippen LogP contribution in [0.5, 0.6) is 0 Å². The van der Waals surface area contributed by atoms with Crippen molar-refractivity contribution in [3.63, 3.8) is 0 Å². The van der Waals surface area contributed by atoms with Gasteiger partial charge < -0.3 is 10.1 Å². The van der Waals surface area contributed by atoms with E-state index in [1.807, 2.05) is 42.5 Å². The zero-order valence-electron chi connectivity index (χ0n) is 12.9. The molecule has 3 aromatic rings. The predicted octanol–water partition coefficient (Wildman–Crippen LogP) is 3.41. The molecule has 0 saturated carbocycles. The zero-order valence-corrected chi connectivity index (χ0v) is 13.7. The number of nitrogens with zero attached hydrogens (tertiary/aromatic N) is 1. The number of hydrogen-bond donors (Lipinski definition) is 1. The van der Waals surface area contributed by atoms with Crippen LogP contribution in [-0.2, 0) is 20.7 Å². The van der Waals surface area contributed by atoms with Gasteiger partial charge in [0, 0.05) is 12.1 Å². The highest BCUT2D eigenvalue weighted by atomic mass is 32.1. The lowest BCUT2D eigenvalue weighted by molar-refractivity contribution is -0.147. The minimum atomic E-state index is -0.405. The lowest BCUT2D eigenvalue weighted by Gasteiger charge is -2.06. The van der Waals surface area contributed by atoms with E-state index >= 15 is 0 Å². The Morgan fingerprint density at radius 3 is 2.58 bits per heavy atom. The number of nitrogens with one attached hydrogen (secondary N) is 1. The summed E-state index contributed by atoms with van der Waals surface area (Å²) >= 11 is 1.57. The van der Waals surface area contributed by atoms with Gasteiger partial charge in [-0.3, -0.25) is 9.59 Å². The topological polar surface area (TPSA) is 68.3 Å². The van der Waals surface area contributed by atoms with Gasteiger partial charge in [-0.2, -0.15) is 0 Å². The number of esters is 1. The Hall–Kier alpha value is -2.73. The number of benzene rings is 2. The van der Waals surface area contributed by atoms with Crippen molar-refractivity contribution in [2.45, 2.75) is 12.8 Å². The van der Waals surface area contributed by atoms with Gasteiger partial charge in [-0.05, 0) is 24.3 Å². The van der Waals surface area contributed by atoms with Crippen LogP contribution in [-0.4, -0.2) is 23.5 Å². The van der Waals surface area contributed by atoms with Gasteiger partial charge >= 0.3 is 5.97 Å². The smallest absolute Gasteiger partial charge is 0.306 e. The third kappa shape index (κ3) is 4.39. The number of thiazole rings is 1. The number of fused-ring (bicyclic) bond motifs is 1. The molecule has 0 spiro atoms. The van der Waals surface area contributed by atoms with E-state index in [1.165, 1.54) is 0 Å². The van der Waals surface area contributed by atoms with Crippen LogP contribution in [0, 0.1) is 0 Å². The molecule has 0 aliphatic carbocycles. The van der Waals surface area contributed by atoms with E-state index in [0.717, 1.165) is 15.2 Å². The molecule has 0 bridgehead atoms. The lowest BCUT2D eigenvalue weighted by atomic mass is 10.3. The van der Waals surface area contributed by atoms with Gasteiger partial charge in [0.15, 0.2) is 6.61 Å². The van der Waals surface area contributed by atoms with Crippen molar-refractivity contribution in [2.24, 2.45) is 0 Å². The van der Waals surface area contributed by atoms with Crippen LogP contribution in [0.3, 0.4) is 0 Å². The fraction of sp³-hybridized carbons (Fsp3) is 0.167. The molecule has 0 aliphatic rings. The summed E-state index contributed by atoms with van der Waals surface area (Å²) in [5.41, 5.74) is 1.61. The SMILES string of the molecule is O=C(COC(=O)CCc1nc2ccccc2s1)Nc1ccccc1. The number of rotatable bonds is 6. The molecule has 1 aromatic heterocycles. The third-order valence-corrected chi connectivity index (χ3v) is 4.40. The first-order valence-electron chi connectivity index (χ1n) is 7.56. The molecule has 0 fully saturated rings. The van der Waals surface area contributed by atoms with Crippen LogP contribution in [0.1, 0.15) is 11.4 Å². The molecular formula is C18H16N2O3S. The highest BCUT2D eigenvalue weighted by molar-refractivity contribution is 7.18. The van der Waals surface area contributed by atoms with Gasteiger partial charge in [0.25, 0.3) is 5.91 Å². The fourth-order valence-electron chi connectivity index (χ4n) is 2.17. The number of amides is 1. The van der Waals surface area contributed by atoms with Crippen molar-refractivity contribution < 1.29 is 14.3 Å². The zero-order chi connectivity index (χ0) is 16.8. The molecule has 2 aromatic carbocycles. The van der Waals surface area contributed by atoms with E-state index in [-0.39, 0.29) is 18.9 Å². The van der Waals surface area contributed by atoms with Gasteiger partial charge in [-0.1, -0.05) is 30.3 Å². The second-order valence-corrected chi connectivity index (χ2v) is 6.27. The Balaban J connectivity index is 1.43. The lowest BCUT2D eigenvalue weighted by Crippen LogP contribution is -2.20. The molecule has 1 heterocycles. The van der Waals surface area contributed by atoms with Crippen LogP contribution in [0.4, 0.5) is 5.69 Å². The fourth-order valence-corrected chi connectivity index (χ4v) is 3.14. The van der Waals surface area contributed by atoms with E-state index in [2.05, 4.69) is 10.3 Å². The number of ether oxygens (including phenoxy) is 1. The molecule has 0 aliphatic heterocycles. The maximum absolute atomic E-state index is 11.8. The number of aryl methyl sites for hydroxylation is 1. The summed E-state index contributed by atoms with van der Waals surface area (Å²) in [5, 5.41) is 3.55. The van der Waals surface area contributed by atoms with Crippen LogP contribution in [0.2, 0.25) is 0 Å². The van der Waals surface area contributed by atoms with Crippen LogP contribution in [0.25, 0.3) is 10.2 Å². The predicted molar refractivity (Wildman–Crippen MR) is 94.0 cm³/mol. The Morgan fingerprint density at radius 2 is 1.79 bits per heavy atom. The van der Waals surface area contributed by atoms with Gasteiger partial charge in [0.05, 0.1) is 21.6 Å². The largest absolute Gasteiger partial charge is 0.456 e. The summed E-state index contributed by atoms with van der Waals surface area (Å²) < 4.78 is 6.10. The average molecular weight is 340 g/mol. The van der Waals surface area contributed by atoms with Crippen molar-refractivity contribution in [3.8, 4) is 0 Å². The number of carbonyl (C=O) groups excluding carboxylic acids is 2. The van der Waals surface area contributed by atoms with Crippen molar-refractivity contribution in [3.05, 3.63) is 59.6 Å². The van der Waals surface area contributed by atoms with Crippen molar-refractivity contribution in [2.75, 3.05) is 11.9 Å². The minimum absolute atomic E-state index is 0.207. The van der Waals surface area contributed by atoms with Gasteiger partial charge in [-0.25, -0.2) is 4.98 Å². The molecule has 3 rings (SSSR count). The Morgan fingerprint density at radius 1 is 1.04 bits per heavy atom. The van der Waals surface area contributed by atoms with E-state index < -0.39 is 5.97 Å². The summed E-state index contributed by atoms with van der Waals surface area (Å²) in [5.74, 6) is -0.757. The molecule has 1 N–H and O–H groups in total. The van der Waals surface area contributed by atoms with Gasteiger partial charge in [0.1, 0.15) is 0 Å². The molecule has 0 atom stereocenters. The first kappa shape index (κ1) is 16.1. The molecule has 0 unspecified atom stereocenters. The highest BCUT2D eigenvalue weighted by Crippen LogP contribution is 2.22. The first-order chi connectivity index (χ1) is 11.7. The van der Waals surface area contributed by atoms with E-state index in [1.54, 1.807) is 23.5 Å². The Kier molecular flexibility index (Phi) is 5.18. The van der Waals surface area contributed by atoms with Crippen molar-refractivity contribution in [1.29, 1.82) is 0 Å². The molecule has 6 heteroatoms. The molecule has 122 valence electrons. The summed E-state index contributed by atoms with van der Waals surface area (Å²) in [6, 6.07) is 16.9. The molecular weight excluding hydrogens is 324 g/mol. The molecule has 1 amide bonds. The van der Waals surface area contributed by atoms with E-state index in [9.17, 15) is 9.59 Å². The normalized spacial score (nSPS) is 10.5. The molecule has 0 radical (unpaired) electrons. The second kappa shape index (κ2) is 7.70. The summed E-state index contributed by atoms with van der Waals surface area (Å²) in [6.07, 6.45) is 0.719. The van der Waals surface area contributed by atoms with E-state index in [0.29, 0.717) is 12.1 Å². The monoisotopic (exact) mass is 340 g/mol. The second-order valence-electron chi connectivity index (χ2n) is 5.15. The number of carbonyl (C=O) groups is 2. The van der Waals surface area contributed by atoms with Crippen molar-refractivity contribution in [1.82, 2.24) is 4.98 Å². The van der Waals surface area contributed by atoms with Crippen LogP contribution >= 0.6 is 11.3 Å². The van der Waals surface area contributed by atoms with Gasteiger partial charge in [-0.15, -0.1) is 11.3 Å². The maximum Gasteiger partial charge on any atom is 0.306 e. The van der Waals surface area contributed by atoms with Crippen LogP contribution < -0.4 is 5.32 Å². The first-order valence-corrected chi connectivity index (χ1v) is 8.37. The summed E-state index contributed by atoms with van der Waals surface area (Å²) in [7, 11) is 0. The third-order valence-electron chi connectivity index (χ3n) is 3.30. The Labute approximate surface area is 143 Å².